The lowest BCUT2D eigenvalue weighted by molar-refractivity contribution is -0.120. The van der Waals surface area contributed by atoms with Crippen molar-refractivity contribution in [1.29, 1.82) is 0 Å². The van der Waals surface area contributed by atoms with Crippen LogP contribution in [0.5, 0.6) is 0 Å². The number of hydrogen-bond donors (Lipinski definition) is 3. The number of H-pyrrole nitrogens is 1. The third kappa shape index (κ3) is 7.61. The summed E-state index contributed by atoms with van der Waals surface area (Å²) in [6, 6.07) is 6.65. The Hall–Kier alpha value is -1.91. The first-order valence-electron chi connectivity index (χ1n) is 9.13. The van der Waals surface area contributed by atoms with Crippen LogP contribution >= 0.6 is 11.8 Å². The van der Waals surface area contributed by atoms with Crippen molar-refractivity contribution in [2.75, 3.05) is 18.8 Å². The average molecular weight is 426 g/mol. The number of benzene rings is 1. The number of nitrogens with one attached hydrogen (secondary N) is 3. The van der Waals surface area contributed by atoms with E-state index in [-0.39, 0.29) is 16.7 Å². The van der Waals surface area contributed by atoms with E-state index in [2.05, 4.69) is 25.2 Å². The van der Waals surface area contributed by atoms with Crippen LogP contribution < -0.4 is 10.0 Å². The summed E-state index contributed by atoms with van der Waals surface area (Å²) in [6.07, 6.45) is 0.904. The quantitative estimate of drug-likeness (QED) is 0.374. The van der Waals surface area contributed by atoms with Crippen molar-refractivity contribution in [3.05, 3.63) is 35.7 Å². The Morgan fingerprint density at radius 3 is 2.57 bits per heavy atom. The molecule has 0 fully saturated rings. The second kappa shape index (κ2) is 10.6. The number of amides is 1. The van der Waals surface area contributed by atoms with Gasteiger partial charge in [-0.2, -0.15) is 0 Å². The molecule has 2 aromatic rings. The van der Waals surface area contributed by atoms with Gasteiger partial charge in [0.25, 0.3) is 0 Å². The number of nitrogens with zero attached hydrogens (tertiary/aromatic N) is 2. The standard InChI is InChI=1S/C18H27N5O3S2/c1-13(2)12-20-28(25,26)16-7-4-15(5-8-16)6-9-17(24)19-10-11-27-18-21-14(3)22-23-18/h4-5,7-8,13,20H,6,9-12H2,1-3H3,(H,19,24)(H,21,22,23). The predicted octanol–water partition coefficient (Wildman–Crippen LogP) is 1.89. The van der Waals surface area contributed by atoms with Crippen LogP contribution in [0.2, 0.25) is 0 Å². The molecule has 0 spiro atoms. The van der Waals surface area contributed by atoms with Crippen LogP contribution in [-0.2, 0) is 21.2 Å². The molecule has 1 aromatic carbocycles. The lowest BCUT2D eigenvalue weighted by Gasteiger charge is -2.09. The molecule has 0 saturated heterocycles. The van der Waals surface area contributed by atoms with Gasteiger partial charge in [-0.25, -0.2) is 18.1 Å². The number of rotatable bonds is 11. The fraction of sp³-hybridized carbons (Fsp3) is 0.500. The van der Waals surface area contributed by atoms with Gasteiger partial charge in [-0.05, 0) is 37.0 Å². The van der Waals surface area contributed by atoms with Gasteiger partial charge in [0.1, 0.15) is 5.82 Å². The molecule has 2 rings (SSSR count). The van der Waals surface area contributed by atoms with E-state index in [4.69, 9.17) is 0 Å². The Balaban J connectivity index is 1.71. The molecule has 1 amide bonds. The molecule has 0 aliphatic heterocycles. The van der Waals surface area contributed by atoms with Gasteiger partial charge in [0.05, 0.1) is 4.90 Å². The first kappa shape index (κ1) is 22.4. The summed E-state index contributed by atoms with van der Waals surface area (Å²) in [4.78, 5) is 16.4. The van der Waals surface area contributed by atoms with E-state index in [0.29, 0.717) is 36.8 Å². The van der Waals surface area contributed by atoms with E-state index >= 15 is 0 Å². The molecule has 0 unspecified atom stereocenters. The molecule has 0 radical (unpaired) electrons. The highest BCUT2D eigenvalue weighted by Crippen LogP contribution is 2.13. The molecule has 0 saturated carbocycles. The van der Waals surface area contributed by atoms with Gasteiger partial charge in [-0.3, -0.25) is 9.89 Å². The molecule has 28 heavy (non-hydrogen) atoms. The minimum absolute atomic E-state index is 0.0398. The normalized spacial score (nSPS) is 11.7. The van der Waals surface area contributed by atoms with E-state index < -0.39 is 10.0 Å². The number of carbonyl (C=O) groups excluding carboxylic acids is 1. The summed E-state index contributed by atoms with van der Waals surface area (Å²) in [5, 5.41) is 10.3. The van der Waals surface area contributed by atoms with Gasteiger partial charge in [0.15, 0.2) is 0 Å². The van der Waals surface area contributed by atoms with Gasteiger partial charge < -0.3 is 5.32 Å². The first-order chi connectivity index (χ1) is 13.3. The van der Waals surface area contributed by atoms with Crippen molar-refractivity contribution in [3.63, 3.8) is 0 Å². The van der Waals surface area contributed by atoms with Crippen LogP contribution in [0.3, 0.4) is 0 Å². The number of aryl methyl sites for hydroxylation is 2. The number of carbonyl (C=O) groups is 1. The minimum atomic E-state index is -3.48. The Kier molecular flexibility index (Phi) is 8.46. The molecular formula is C18H27N5O3S2. The topological polar surface area (TPSA) is 117 Å². The van der Waals surface area contributed by atoms with Gasteiger partial charge in [-0.15, -0.1) is 5.10 Å². The van der Waals surface area contributed by atoms with Crippen LogP contribution in [0, 0.1) is 12.8 Å². The SMILES string of the molecule is Cc1nc(SCCNC(=O)CCc2ccc(S(=O)(=O)NCC(C)C)cc2)n[nH]1. The summed E-state index contributed by atoms with van der Waals surface area (Å²) in [7, 11) is -3.48. The lowest BCUT2D eigenvalue weighted by atomic mass is 10.1. The predicted molar refractivity (Wildman–Crippen MR) is 110 cm³/mol. The van der Waals surface area contributed by atoms with Gasteiger partial charge in [-0.1, -0.05) is 37.7 Å². The molecule has 0 bridgehead atoms. The van der Waals surface area contributed by atoms with E-state index in [0.717, 1.165) is 11.4 Å². The molecule has 1 aromatic heterocycles. The summed E-state index contributed by atoms with van der Waals surface area (Å²) in [5.41, 5.74) is 0.920. The third-order valence-corrected chi connectivity index (χ3v) is 6.08. The zero-order chi connectivity index (χ0) is 20.6. The van der Waals surface area contributed by atoms with Crippen LogP contribution in [0.15, 0.2) is 34.3 Å². The second-order valence-electron chi connectivity index (χ2n) is 6.79. The highest BCUT2D eigenvalue weighted by atomic mass is 32.2. The van der Waals surface area contributed by atoms with E-state index in [1.807, 2.05) is 20.8 Å². The van der Waals surface area contributed by atoms with Gasteiger partial charge in [0.2, 0.25) is 21.1 Å². The number of aromatic amines is 1. The number of thioether (sulfide) groups is 1. The van der Waals surface area contributed by atoms with Crippen LogP contribution in [0.4, 0.5) is 0 Å². The van der Waals surface area contributed by atoms with Crippen molar-refractivity contribution >= 4 is 27.7 Å². The Bertz CT molecular complexity index is 864. The molecule has 8 nitrogen and oxygen atoms in total. The smallest absolute Gasteiger partial charge is 0.240 e. The van der Waals surface area contributed by atoms with Crippen molar-refractivity contribution in [3.8, 4) is 0 Å². The summed E-state index contributed by atoms with van der Waals surface area (Å²) < 4.78 is 26.9. The summed E-state index contributed by atoms with van der Waals surface area (Å²) in [5.74, 6) is 1.66. The largest absolute Gasteiger partial charge is 0.355 e. The zero-order valence-electron chi connectivity index (χ0n) is 16.4. The number of hydrogen-bond acceptors (Lipinski definition) is 6. The molecule has 0 aliphatic carbocycles. The van der Waals surface area contributed by atoms with Crippen LogP contribution in [-0.4, -0.2) is 48.3 Å². The van der Waals surface area contributed by atoms with Gasteiger partial charge in [0, 0.05) is 25.3 Å². The molecule has 0 aliphatic rings. The van der Waals surface area contributed by atoms with E-state index in [9.17, 15) is 13.2 Å². The molecule has 1 heterocycles. The van der Waals surface area contributed by atoms with E-state index in [1.165, 1.54) is 11.8 Å². The van der Waals surface area contributed by atoms with Crippen molar-refractivity contribution < 1.29 is 13.2 Å². The fourth-order valence-electron chi connectivity index (χ4n) is 2.26. The molecule has 3 N–H and O–H groups in total. The first-order valence-corrected chi connectivity index (χ1v) is 11.6. The maximum Gasteiger partial charge on any atom is 0.240 e. The Morgan fingerprint density at radius 1 is 1.25 bits per heavy atom. The molecule has 154 valence electrons. The molecule has 0 atom stereocenters. The Labute approximate surface area is 170 Å². The molecule has 10 heteroatoms. The summed E-state index contributed by atoms with van der Waals surface area (Å²) in [6.45, 7) is 6.67. The maximum atomic E-state index is 12.2. The highest BCUT2D eigenvalue weighted by molar-refractivity contribution is 7.99. The lowest BCUT2D eigenvalue weighted by Crippen LogP contribution is -2.27. The summed E-state index contributed by atoms with van der Waals surface area (Å²) >= 11 is 1.48. The fourth-order valence-corrected chi connectivity index (χ4v) is 4.17. The minimum Gasteiger partial charge on any atom is -0.355 e. The van der Waals surface area contributed by atoms with Crippen LogP contribution in [0.25, 0.3) is 0 Å². The third-order valence-electron chi connectivity index (χ3n) is 3.79. The second-order valence-corrected chi connectivity index (χ2v) is 9.62. The van der Waals surface area contributed by atoms with Crippen LogP contribution in [0.1, 0.15) is 31.7 Å². The zero-order valence-corrected chi connectivity index (χ0v) is 18.0. The highest BCUT2D eigenvalue weighted by Gasteiger charge is 2.14. The maximum absolute atomic E-state index is 12.2. The number of aromatic nitrogens is 3. The number of sulfonamides is 1. The van der Waals surface area contributed by atoms with Crippen molar-refractivity contribution in [2.24, 2.45) is 5.92 Å². The average Bonchev–Trinajstić information content (AvgIpc) is 3.07. The molecular weight excluding hydrogens is 398 g/mol. The van der Waals surface area contributed by atoms with Crippen molar-refractivity contribution in [2.45, 2.75) is 43.7 Å². The van der Waals surface area contributed by atoms with E-state index in [1.54, 1.807) is 24.3 Å². The monoisotopic (exact) mass is 425 g/mol. The van der Waals surface area contributed by atoms with Gasteiger partial charge >= 0.3 is 0 Å². The van der Waals surface area contributed by atoms with Crippen molar-refractivity contribution in [1.82, 2.24) is 25.2 Å². The Morgan fingerprint density at radius 2 is 1.96 bits per heavy atom.